The van der Waals surface area contributed by atoms with Crippen LogP contribution >= 0.6 is 11.3 Å². The predicted molar refractivity (Wildman–Crippen MR) is 63.5 cm³/mol. The van der Waals surface area contributed by atoms with Gasteiger partial charge in [0.25, 0.3) is 0 Å². The molecule has 15 heavy (non-hydrogen) atoms. The summed E-state index contributed by atoms with van der Waals surface area (Å²) in [5, 5.41) is 2.01. The van der Waals surface area contributed by atoms with E-state index < -0.39 is 0 Å². The van der Waals surface area contributed by atoms with Crippen LogP contribution in [0.25, 0.3) is 0 Å². The van der Waals surface area contributed by atoms with Crippen molar-refractivity contribution in [3.63, 3.8) is 0 Å². The van der Waals surface area contributed by atoms with Crippen LogP contribution in [0.1, 0.15) is 24.3 Å². The van der Waals surface area contributed by atoms with E-state index in [2.05, 4.69) is 6.92 Å². The van der Waals surface area contributed by atoms with Crippen LogP contribution in [0.5, 0.6) is 5.75 Å². The molecule has 86 valence electrons. The topological polar surface area (TPSA) is 44.5 Å². The standard InChI is InChI=1S/C11H19NO2S/c1-8(4-6-13-2)10(12)11-9(14-3)5-7-15-11/h5,7-8,10H,4,6,12H2,1-3H3. The van der Waals surface area contributed by atoms with Gasteiger partial charge in [0, 0.05) is 19.8 Å². The monoisotopic (exact) mass is 229 g/mol. The van der Waals surface area contributed by atoms with E-state index in [0.717, 1.165) is 23.7 Å². The fraction of sp³-hybridized carbons (Fsp3) is 0.636. The lowest BCUT2D eigenvalue weighted by atomic mass is 9.98. The van der Waals surface area contributed by atoms with E-state index in [1.165, 1.54) is 0 Å². The van der Waals surface area contributed by atoms with Crippen molar-refractivity contribution in [3.05, 3.63) is 16.3 Å². The Morgan fingerprint density at radius 3 is 2.80 bits per heavy atom. The molecular formula is C11H19NO2S. The summed E-state index contributed by atoms with van der Waals surface area (Å²) < 4.78 is 10.3. The van der Waals surface area contributed by atoms with Crippen molar-refractivity contribution in [2.75, 3.05) is 20.8 Å². The van der Waals surface area contributed by atoms with Crippen molar-refractivity contribution in [3.8, 4) is 5.75 Å². The zero-order chi connectivity index (χ0) is 11.3. The first kappa shape index (κ1) is 12.5. The molecule has 0 spiro atoms. The third-order valence-corrected chi connectivity index (χ3v) is 3.57. The van der Waals surface area contributed by atoms with Gasteiger partial charge < -0.3 is 15.2 Å². The maximum Gasteiger partial charge on any atom is 0.134 e. The molecule has 3 nitrogen and oxygen atoms in total. The first-order valence-electron chi connectivity index (χ1n) is 5.06. The first-order valence-corrected chi connectivity index (χ1v) is 5.94. The molecule has 1 aromatic rings. The first-order chi connectivity index (χ1) is 7.20. The summed E-state index contributed by atoms with van der Waals surface area (Å²) >= 11 is 1.65. The average Bonchev–Trinajstić information content (AvgIpc) is 2.72. The minimum atomic E-state index is 0.0371. The van der Waals surface area contributed by atoms with Crippen molar-refractivity contribution >= 4 is 11.3 Å². The van der Waals surface area contributed by atoms with Crippen LogP contribution in [0, 0.1) is 5.92 Å². The Morgan fingerprint density at radius 1 is 1.47 bits per heavy atom. The number of hydrogen-bond donors (Lipinski definition) is 1. The maximum absolute atomic E-state index is 6.17. The lowest BCUT2D eigenvalue weighted by Gasteiger charge is -2.19. The fourth-order valence-electron chi connectivity index (χ4n) is 1.46. The van der Waals surface area contributed by atoms with Gasteiger partial charge in [-0.25, -0.2) is 0 Å². The van der Waals surface area contributed by atoms with Gasteiger partial charge in [-0.2, -0.15) is 0 Å². The van der Waals surface area contributed by atoms with Gasteiger partial charge in [0.2, 0.25) is 0 Å². The molecule has 0 radical (unpaired) electrons. The Bertz CT molecular complexity index is 288. The summed E-state index contributed by atoms with van der Waals surface area (Å²) in [4.78, 5) is 1.13. The zero-order valence-electron chi connectivity index (χ0n) is 9.53. The highest BCUT2D eigenvalue weighted by atomic mass is 32.1. The van der Waals surface area contributed by atoms with E-state index in [1.54, 1.807) is 25.6 Å². The Balaban J connectivity index is 2.62. The molecule has 0 fully saturated rings. The molecule has 1 rings (SSSR count). The molecule has 0 saturated carbocycles. The Morgan fingerprint density at radius 2 is 2.20 bits per heavy atom. The van der Waals surface area contributed by atoms with Crippen LogP contribution in [0.2, 0.25) is 0 Å². The van der Waals surface area contributed by atoms with Crippen LogP contribution in [0.15, 0.2) is 11.4 Å². The number of thiophene rings is 1. The van der Waals surface area contributed by atoms with E-state index in [4.69, 9.17) is 15.2 Å². The predicted octanol–water partition coefficient (Wildman–Crippen LogP) is 2.43. The molecule has 2 N–H and O–H groups in total. The number of rotatable bonds is 6. The smallest absolute Gasteiger partial charge is 0.134 e. The SMILES string of the molecule is COCCC(C)C(N)c1sccc1OC. The molecule has 2 unspecified atom stereocenters. The minimum Gasteiger partial charge on any atom is -0.496 e. The minimum absolute atomic E-state index is 0.0371. The fourth-order valence-corrected chi connectivity index (χ4v) is 2.46. The van der Waals surface area contributed by atoms with Crippen LogP contribution in [-0.4, -0.2) is 20.8 Å². The summed E-state index contributed by atoms with van der Waals surface area (Å²) in [5.41, 5.74) is 6.17. The second kappa shape index (κ2) is 6.10. The number of hydrogen-bond acceptors (Lipinski definition) is 4. The second-order valence-corrected chi connectivity index (χ2v) is 4.59. The molecule has 0 aromatic carbocycles. The summed E-state index contributed by atoms with van der Waals surface area (Å²) in [6, 6.07) is 2.00. The van der Waals surface area contributed by atoms with Gasteiger partial charge in [0.05, 0.1) is 12.0 Å². The Labute approximate surface area is 95.2 Å². The molecule has 0 aliphatic heterocycles. The normalized spacial score (nSPS) is 14.9. The van der Waals surface area contributed by atoms with Gasteiger partial charge in [0.15, 0.2) is 0 Å². The molecule has 0 amide bonds. The molecular weight excluding hydrogens is 210 g/mol. The molecule has 0 aliphatic carbocycles. The van der Waals surface area contributed by atoms with Gasteiger partial charge >= 0.3 is 0 Å². The van der Waals surface area contributed by atoms with Gasteiger partial charge in [-0.3, -0.25) is 0 Å². The van der Waals surface area contributed by atoms with Gasteiger partial charge in [-0.15, -0.1) is 11.3 Å². The molecule has 0 bridgehead atoms. The van der Waals surface area contributed by atoms with Crippen molar-refractivity contribution in [2.24, 2.45) is 11.7 Å². The van der Waals surface area contributed by atoms with Crippen LogP contribution in [0.3, 0.4) is 0 Å². The molecule has 1 heterocycles. The maximum atomic E-state index is 6.17. The van der Waals surface area contributed by atoms with Gasteiger partial charge in [-0.1, -0.05) is 6.92 Å². The average molecular weight is 229 g/mol. The highest BCUT2D eigenvalue weighted by Gasteiger charge is 2.19. The van der Waals surface area contributed by atoms with E-state index in [9.17, 15) is 0 Å². The highest BCUT2D eigenvalue weighted by molar-refractivity contribution is 7.10. The van der Waals surface area contributed by atoms with Crippen LogP contribution in [0.4, 0.5) is 0 Å². The summed E-state index contributed by atoms with van der Waals surface area (Å²) in [6.45, 7) is 2.89. The van der Waals surface area contributed by atoms with E-state index in [1.807, 2.05) is 11.4 Å². The molecule has 0 saturated heterocycles. The van der Waals surface area contributed by atoms with Gasteiger partial charge in [-0.05, 0) is 23.8 Å². The van der Waals surface area contributed by atoms with E-state index in [0.29, 0.717) is 5.92 Å². The third-order valence-electron chi connectivity index (χ3n) is 2.57. The summed E-state index contributed by atoms with van der Waals surface area (Å²) in [5.74, 6) is 1.30. The molecule has 1 aromatic heterocycles. The summed E-state index contributed by atoms with van der Waals surface area (Å²) in [6.07, 6.45) is 0.971. The Hall–Kier alpha value is -0.580. The third kappa shape index (κ3) is 3.19. The summed E-state index contributed by atoms with van der Waals surface area (Å²) in [7, 11) is 3.39. The second-order valence-electron chi connectivity index (χ2n) is 3.64. The van der Waals surface area contributed by atoms with Crippen molar-refractivity contribution in [1.82, 2.24) is 0 Å². The van der Waals surface area contributed by atoms with Crippen LogP contribution < -0.4 is 10.5 Å². The quantitative estimate of drug-likeness (QED) is 0.814. The zero-order valence-corrected chi connectivity index (χ0v) is 10.3. The number of nitrogens with two attached hydrogens (primary N) is 1. The molecule has 4 heteroatoms. The van der Waals surface area contributed by atoms with Crippen molar-refractivity contribution < 1.29 is 9.47 Å². The molecule has 2 atom stereocenters. The number of ether oxygens (including phenoxy) is 2. The lowest BCUT2D eigenvalue weighted by molar-refractivity contribution is 0.174. The van der Waals surface area contributed by atoms with Crippen molar-refractivity contribution in [1.29, 1.82) is 0 Å². The largest absolute Gasteiger partial charge is 0.496 e. The van der Waals surface area contributed by atoms with E-state index in [-0.39, 0.29) is 6.04 Å². The molecule has 0 aliphatic rings. The van der Waals surface area contributed by atoms with Crippen molar-refractivity contribution in [2.45, 2.75) is 19.4 Å². The van der Waals surface area contributed by atoms with Gasteiger partial charge in [0.1, 0.15) is 5.75 Å². The van der Waals surface area contributed by atoms with Crippen LogP contribution in [-0.2, 0) is 4.74 Å². The van der Waals surface area contributed by atoms with E-state index >= 15 is 0 Å². The lowest BCUT2D eigenvalue weighted by Crippen LogP contribution is -2.19. The number of methoxy groups -OCH3 is 2. The Kier molecular flexibility index (Phi) is 5.08. The highest BCUT2D eigenvalue weighted by Crippen LogP contribution is 2.34.